The highest BCUT2D eigenvalue weighted by molar-refractivity contribution is 14.1. The van der Waals surface area contributed by atoms with Crippen molar-refractivity contribution in [2.24, 2.45) is 4.99 Å². The minimum Gasteiger partial charge on any atom is -0.296 e. The van der Waals surface area contributed by atoms with Crippen molar-refractivity contribution in [3.63, 3.8) is 0 Å². The molecule has 0 aliphatic rings. The van der Waals surface area contributed by atoms with Crippen LogP contribution in [0.4, 0.5) is 0 Å². The number of hydrogen-bond donors (Lipinski definition) is 0. The van der Waals surface area contributed by atoms with E-state index in [0.717, 1.165) is 0 Å². The largest absolute Gasteiger partial charge is 0.296 e. The van der Waals surface area contributed by atoms with Crippen LogP contribution in [0.5, 0.6) is 0 Å². The molecule has 0 spiro atoms. The summed E-state index contributed by atoms with van der Waals surface area (Å²) in [6.07, 6.45) is 3.62. The molecule has 1 nitrogen and oxygen atoms in total. The zero-order valence-electron chi connectivity index (χ0n) is 3.56. The number of rotatable bonds is 1. The van der Waals surface area contributed by atoms with Crippen molar-refractivity contribution in [1.82, 2.24) is 0 Å². The van der Waals surface area contributed by atoms with Gasteiger partial charge in [-0.3, -0.25) is 4.99 Å². The van der Waals surface area contributed by atoms with Crippen molar-refractivity contribution in [3.05, 3.63) is 10.2 Å². The van der Waals surface area contributed by atoms with Crippen molar-refractivity contribution in [2.75, 3.05) is 7.05 Å². The Labute approximate surface area is 51.3 Å². The minimum atomic E-state index is 1.74. The minimum absolute atomic E-state index is 1.74. The molecule has 0 atom stereocenters. The molecule has 34 valence electrons. The van der Waals surface area contributed by atoms with Gasteiger partial charge in [0.15, 0.2) is 0 Å². The molecule has 0 N–H and O–H groups in total. The van der Waals surface area contributed by atoms with Crippen molar-refractivity contribution in [1.29, 1.82) is 0 Å². The smallest absolute Gasteiger partial charge is 0.0277 e. The van der Waals surface area contributed by atoms with Crippen LogP contribution in [0.25, 0.3) is 0 Å². The predicted octanol–water partition coefficient (Wildman–Crippen LogP) is 1.64. The van der Waals surface area contributed by atoms with Crippen LogP contribution in [-0.2, 0) is 0 Å². The predicted molar refractivity (Wildman–Crippen MR) is 37.6 cm³/mol. The second kappa shape index (κ2) is 5.14. The molecule has 0 saturated heterocycles. The summed E-state index contributed by atoms with van der Waals surface area (Å²) in [5, 5.41) is 0. The average Bonchev–Trinajstić information content (AvgIpc) is 1.61. The fraction of sp³-hybridized carbons (Fsp3) is 0.250. The third-order valence-electron chi connectivity index (χ3n) is 0.308. The van der Waals surface area contributed by atoms with Gasteiger partial charge in [-0.25, -0.2) is 0 Å². The fourth-order valence-electron chi connectivity index (χ4n) is 0.119. The van der Waals surface area contributed by atoms with E-state index in [1.54, 1.807) is 13.3 Å². The van der Waals surface area contributed by atoms with Crippen molar-refractivity contribution in [3.8, 4) is 0 Å². The van der Waals surface area contributed by atoms with E-state index >= 15 is 0 Å². The molecule has 2 heteroatoms. The molecule has 0 bridgehead atoms. The number of nitrogens with zero attached hydrogens (tertiary/aromatic N) is 1. The second-order valence-electron chi connectivity index (χ2n) is 0.726. The zero-order chi connectivity index (χ0) is 4.83. The molecule has 0 amide bonds. The van der Waals surface area contributed by atoms with Gasteiger partial charge in [0.1, 0.15) is 0 Å². The third kappa shape index (κ3) is 4.14. The van der Waals surface area contributed by atoms with Gasteiger partial charge >= 0.3 is 0 Å². The van der Waals surface area contributed by atoms with Crippen LogP contribution < -0.4 is 0 Å². The Morgan fingerprint density at radius 2 is 2.33 bits per heavy atom. The maximum atomic E-state index is 3.71. The normalized spacial score (nSPS) is 11.7. The maximum absolute atomic E-state index is 3.71. The lowest BCUT2D eigenvalue weighted by molar-refractivity contribution is 1.48. The Hall–Kier alpha value is 0.140. The Morgan fingerprint density at radius 3 is 2.50 bits per heavy atom. The molecule has 0 aromatic heterocycles. The van der Waals surface area contributed by atoms with Crippen molar-refractivity contribution < 1.29 is 0 Å². The molecule has 0 saturated carbocycles. The van der Waals surface area contributed by atoms with E-state index in [9.17, 15) is 0 Å². The van der Waals surface area contributed by atoms with Crippen LogP contribution in [0.15, 0.2) is 15.2 Å². The highest BCUT2D eigenvalue weighted by Crippen LogP contribution is 1.78. The van der Waals surface area contributed by atoms with Crippen molar-refractivity contribution >= 4 is 28.8 Å². The Morgan fingerprint density at radius 1 is 1.67 bits per heavy atom. The van der Waals surface area contributed by atoms with Crippen LogP contribution in [0.3, 0.4) is 0 Å². The monoisotopic (exact) mass is 195 g/mol. The first-order valence-electron chi connectivity index (χ1n) is 1.59. The number of aliphatic imine (C=N–C) groups is 1. The molecule has 0 radical (unpaired) electrons. The third-order valence-corrected chi connectivity index (χ3v) is 0.723. The van der Waals surface area contributed by atoms with E-state index in [4.69, 9.17) is 0 Å². The van der Waals surface area contributed by atoms with Crippen LogP contribution in [-0.4, -0.2) is 13.3 Å². The number of hydrogen-bond acceptors (Lipinski definition) is 1. The first-order valence-corrected chi connectivity index (χ1v) is 2.84. The van der Waals surface area contributed by atoms with Crippen LogP contribution in [0.2, 0.25) is 0 Å². The number of halogens is 1. The maximum Gasteiger partial charge on any atom is 0.0277 e. The lowest BCUT2D eigenvalue weighted by Gasteiger charge is -1.62. The van der Waals surface area contributed by atoms with E-state index in [-0.39, 0.29) is 0 Å². The van der Waals surface area contributed by atoms with Gasteiger partial charge in [-0.15, -0.1) is 0 Å². The van der Waals surface area contributed by atoms with Crippen LogP contribution >= 0.6 is 22.6 Å². The zero-order valence-corrected chi connectivity index (χ0v) is 5.71. The van der Waals surface area contributed by atoms with Gasteiger partial charge < -0.3 is 0 Å². The molecule has 0 aliphatic heterocycles. The summed E-state index contributed by atoms with van der Waals surface area (Å²) >= 11 is 2.14. The lowest BCUT2D eigenvalue weighted by Crippen LogP contribution is -1.55. The Balaban J connectivity index is 3.07. The quantitative estimate of drug-likeness (QED) is 0.445. The van der Waals surface area contributed by atoms with E-state index in [1.807, 2.05) is 10.2 Å². The molecular weight excluding hydrogens is 189 g/mol. The van der Waals surface area contributed by atoms with Crippen molar-refractivity contribution in [2.45, 2.75) is 0 Å². The van der Waals surface area contributed by atoms with Crippen LogP contribution in [0.1, 0.15) is 0 Å². The first-order chi connectivity index (χ1) is 2.91. The highest BCUT2D eigenvalue weighted by atomic mass is 127. The van der Waals surface area contributed by atoms with Gasteiger partial charge in [0.05, 0.1) is 0 Å². The molecule has 0 aromatic rings. The van der Waals surface area contributed by atoms with Gasteiger partial charge in [-0.1, -0.05) is 22.6 Å². The van der Waals surface area contributed by atoms with Crippen LogP contribution in [0, 0.1) is 0 Å². The summed E-state index contributed by atoms with van der Waals surface area (Å²) in [6, 6.07) is 0. The van der Waals surface area contributed by atoms with Gasteiger partial charge in [-0.2, -0.15) is 0 Å². The second-order valence-corrected chi connectivity index (χ2v) is 1.44. The lowest BCUT2D eigenvalue weighted by atomic mass is 10.7. The molecular formula is C4H6IN. The Kier molecular flexibility index (Phi) is 5.26. The van der Waals surface area contributed by atoms with E-state index in [2.05, 4.69) is 27.6 Å². The molecule has 0 fully saturated rings. The van der Waals surface area contributed by atoms with Gasteiger partial charge in [0.2, 0.25) is 0 Å². The highest BCUT2D eigenvalue weighted by Gasteiger charge is 1.50. The summed E-state index contributed by atoms with van der Waals surface area (Å²) in [7, 11) is 1.75. The molecule has 0 heterocycles. The first kappa shape index (κ1) is 6.14. The summed E-state index contributed by atoms with van der Waals surface area (Å²) in [5.41, 5.74) is 0. The summed E-state index contributed by atoms with van der Waals surface area (Å²) in [5.74, 6) is 0. The summed E-state index contributed by atoms with van der Waals surface area (Å²) in [4.78, 5) is 3.71. The molecule has 0 rings (SSSR count). The number of allylic oxidation sites excluding steroid dienone is 1. The standard InChI is InChI=1S/C4H6IN/c1-6-4-2-3-5/h2-4H,1H3. The van der Waals surface area contributed by atoms with Gasteiger partial charge in [0.25, 0.3) is 0 Å². The topological polar surface area (TPSA) is 12.4 Å². The SMILES string of the molecule is CN=CC=CI. The van der Waals surface area contributed by atoms with Gasteiger partial charge in [-0.05, 0) is 10.2 Å². The van der Waals surface area contributed by atoms with E-state index in [0.29, 0.717) is 0 Å². The summed E-state index contributed by atoms with van der Waals surface area (Å²) < 4.78 is 1.91. The fourth-order valence-corrected chi connectivity index (χ4v) is 0.304. The molecule has 6 heavy (non-hydrogen) atoms. The van der Waals surface area contributed by atoms with E-state index < -0.39 is 0 Å². The Bertz CT molecular complexity index is 55.9. The average molecular weight is 195 g/mol. The van der Waals surface area contributed by atoms with Gasteiger partial charge in [0, 0.05) is 13.3 Å². The molecule has 0 aliphatic carbocycles. The summed E-state index contributed by atoms with van der Waals surface area (Å²) in [6.45, 7) is 0. The molecule has 0 unspecified atom stereocenters. The van der Waals surface area contributed by atoms with E-state index in [1.165, 1.54) is 0 Å². The molecule has 0 aromatic carbocycles.